The molecule has 0 rings (SSSR count). The first-order valence-corrected chi connectivity index (χ1v) is 28.1. The minimum absolute atomic E-state index is 0.0645. The molecule has 0 radical (unpaired) electrons. The van der Waals surface area contributed by atoms with Gasteiger partial charge in [0.2, 0.25) is 0 Å². The van der Waals surface area contributed by atoms with E-state index in [0.29, 0.717) is 19.3 Å². The number of unbranched alkanes of at least 4 members (excludes halogenated alkanes) is 33. The van der Waals surface area contributed by atoms with E-state index in [1.165, 1.54) is 193 Å². The maximum atomic E-state index is 12.8. The van der Waals surface area contributed by atoms with Gasteiger partial charge in [0.15, 0.2) is 6.10 Å². The highest BCUT2D eigenvalue weighted by Crippen LogP contribution is 2.18. The molecule has 6 nitrogen and oxygen atoms in total. The molecule has 0 aliphatic carbocycles. The van der Waals surface area contributed by atoms with Gasteiger partial charge in [0, 0.05) is 19.3 Å². The molecule has 0 fully saturated rings. The second kappa shape index (κ2) is 48.3. The summed E-state index contributed by atoms with van der Waals surface area (Å²) in [6.07, 6.45) is 49.6. The first-order valence-electron chi connectivity index (χ1n) is 28.1. The van der Waals surface area contributed by atoms with E-state index in [2.05, 4.69) is 41.5 Å². The van der Waals surface area contributed by atoms with Crippen LogP contribution in [0.25, 0.3) is 0 Å². The third kappa shape index (κ3) is 51.3. The lowest BCUT2D eigenvalue weighted by molar-refractivity contribution is -0.167. The van der Waals surface area contributed by atoms with Gasteiger partial charge in [-0.1, -0.05) is 273 Å². The van der Waals surface area contributed by atoms with Crippen molar-refractivity contribution in [1.82, 2.24) is 0 Å². The molecule has 0 aromatic carbocycles. The Morgan fingerprint density at radius 1 is 0.270 bits per heavy atom. The summed E-state index contributed by atoms with van der Waals surface area (Å²) in [7, 11) is 0. The Labute approximate surface area is 393 Å². The van der Waals surface area contributed by atoms with Crippen molar-refractivity contribution in [3.63, 3.8) is 0 Å². The van der Waals surface area contributed by atoms with Crippen LogP contribution in [0.5, 0.6) is 0 Å². The summed E-state index contributed by atoms with van der Waals surface area (Å²) >= 11 is 0. The number of carbonyl (C=O) groups excluding carboxylic acids is 3. The van der Waals surface area contributed by atoms with E-state index in [4.69, 9.17) is 14.2 Å². The molecule has 63 heavy (non-hydrogen) atoms. The van der Waals surface area contributed by atoms with Crippen LogP contribution in [0.3, 0.4) is 0 Å². The van der Waals surface area contributed by atoms with Gasteiger partial charge < -0.3 is 14.2 Å². The molecule has 0 saturated heterocycles. The Bertz CT molecular complexity index is 976. The quantitative estimate of drug-likeness (QED) is 0.0344. The second-order valence-corrected chi connectivity index (χ2v) is 21.0. The van der Waals surface area contributed by atoms with Crippen LogP contribution >= 0.6 is 0 Å². The second-order valence-electron chi connectivity index (χ2n) is 21.0. The van der Waals surface area contributed by atoms with Crippen molar-refractivity contribution in [2.45, 2.75) is 317 Å². The zero-order valence-electron chi connectivity index (χ0n) is 43.4. The topological polar surface area (TPSA) is 78.9 Å². The lowest BCUT2D eigenvalue weighted by atomic mass is 10.0. The molecule has 0 aromatic heterocycles. The summed E-state index contributed by atoms with van der Waals surface area (Å²) in [6.45, 7) is 13.7. The molecule has 0 heterocycles. The SMILES string of the molecule is CC(C)CCCCCCCCCCCCCCCCCCCCC(=O)O[C@@H](COC(=O)CCCCCCCCCCCCC(C)C)COC(=O)CCCCCCCCCCC(C)C. The van der Waals surface area contributed by atoms with Crippen LogP contribution in [0.1, 0.15) is 311 Å². The molecule has 0 amide bonds. The van der Waals surface area contributed by atoms with E-state index in [9.17, 15) is 14.4 Å². The summed E-state index contributed by atoms with van der Waals surface area (Å²) in [4.78, 5) is 38.0. The summed E-state index contributed by atoms with van der Waals surface area (Å²) < 4.78 is 16.8. The van der Waals surface area contributed by atoms with E-state index in [1.54, 1.807) is 0 Å². The van der Waals surface area contributed by atoms with Gasteiger partial charge in [0.05, 0.1) is 0 Å². The number of rotatable bonds is 50. The van der Waals surface area contributed by atoms with Crippen molar-refractivity contribution >= 4 is 17.9 Å². The third-order valence-corrected chi connectivity index (χ3v) is 12.9. The summed E-state index contributed by atoms with van der Waals surface area (Å²) in [5.74, 6) is 1.62. The Morgan fingerprint density at radius 3 is 0.683 bits per heavy atom. The van der Waals surface area contributed by atoms with Crippen molar-refractivity contribution in [3.8, 4) is 0 Å². The maximum absolute atomic E-state index is 12.8. The molecule has 0 unspecified atom stereocenters. The van der Waals surface area contributed by atoms with Crippen LogP contribution in [0, 0.1) is 17.8 Å². The van der Waals surface area contributed by atoms with Crippen LogP contribution in [0.2, 0.25) is 0 Å². The molecule has 0 N–H and O–H groups in total. The van der Waals surface area contributed by atoms with E-state index < -0.39 is 6.10 Å². The predicted molar refractivity (Wildman–Crippen MR) is 270 cm³/mol. The Morgan fingerprint density at radius 2 is 0.460 bits per heavy atom. The van der Waals surface area contributed by atoms with Crippen LogP contribution in [-0.4, -0.2) is 37.2 Å². The zero-order chi connectivity index (χ0) is 46.3. The first-order chi connectivity index (χ1) is 30.6. The van der Waals surface area contributed by atoms with Gasteiger partial charge in [0.1, 0.15) is 13.2 Å². The van der Waals surface area contributed by atoms with Crippen molar-refractivity contribution in [2.75, 3.05) is 13.2 Å². The molecule has 374 valence electrons. The highest BCUT2D eigenvalue weighted by atomic mass is 16.6. The summed E-state index contributed by atoms with van der Waals surface area (Å²) in [6, 6.07) is 0. The number of carbonyl (C=O) groups is 3. The van der Waals surface area contributed by atoms with Gasteiger partial charge in [-0.05, 0) is 37.0 Å². The molecule has 0 aliphatic rings. The molecule has 1 atom stereocenters. The summed E-state index contributed by atoms with van der Waals surface area (Å²) in [5, 5.41) is 0. The Hall–Kier alpha value is -1.59. The molecular weight excluding hydrogens is 781 g/mol. The van der Waals surface area contributed by atoms with E-state index in [1.807, 2.05) is 0 Å². The molecule has 0 aliphatic heterocycles. The monoisotopic (exact) mass is 891 g/mol. The maximum Gasteiger partial charge on any atom is 0.306 e. The molecule has 0 bridgehead atoms. The van der Waals surface area contributed by atoms with E-state index in [0.717, 1.165) is 75.5 Å². The van der Waals surface area contributed by atoms with E-state index in [-0.39, 0.29) is 31.1 Å². The summed E-state index contributed by atoms with van der Waals surface area (Å²) in [5.41, 5.74) is 0. The van der Waals surface area contributed by atoms with Crippen LogP contribution in [0.15, 0.2) is 0 Å². The highest BCUT2D eigenvalue weighted by molar-refractivity contribution is 5.71. The van der Waals surface area contributed by atoms with Crippen molar-refractivity contribution in [2.24, 2.45) is 17.8 Å². The van der Waals surface area contributed by atoms with Gasteiger partial charge in [-0.25, -0.2) is 0 Å². The van der Waals surface area contributed by atoms with Gasteiger partial charge in [-0.15, -0.1) is 0 Å². The Kier molecular flexibility index (Phi) is 47.1. The van der Waals surface area contributed by atoms with Gasteiger partial charge >= 0.3 is 17.9 Å². The van der Waals surface area contributed by atoms with Gasteiger partial charge in [0.25, 0.3) is 0 Å². The number of esters is 3. The molecule has 0 spiro atoms. The smallest absolute Gasteiger partial charge is 0.306 e. The molecule has 0 aromatic rings. The Balaban J connectivity index is 4.24. The first kappa shape index (κ1) is 61.4. The van der Waals surface area contributed by atoms with Crippen LogP contribution in [0.4, 0.5) is 0 Å². The van der Waals surface area contributed by atoms with E-state index >= 15 is 0 Å². The van der Waals surface area contributed by atoms with Crippen molar-refractivity contribution in [3.05, 3.63) is 0 Å². The molecular formula is C57H110O6. The minimum atomic E-state index is -0.763. The fourth-order valence-corrected chi connectivity index (χ4v) is 8.65. The van der Waals surface area contributed by atoms with Crippen molar-refractivity contribution in [1.29, 1.82) is 0 Å². The number of ether oxygens (including phenoxy) is 3. The number of hydrogen-bond donors (Lipinski definition) is 0. The highest BCUT2D eigenvalue weighted by Gasteiger charge is 2.19. The molecule has 0 saturated carbocycles. The lowest BCUT2D eigenvalue weighted by Crippen LogP contribution is -2.30. The van der Waals surface area contributed by atoms with Crippen LogP contribution in [-0.2, 0) is 28.6 Å². The average Bonchev–Trinajstić information content (AvgIpc) is 3.24. The minimum Gasteiger partial charge on any atom is -0.462 e. The van der Waals surface area contributed by atoms with Crippen molar-refractivity contribution < 1.29 is 28.6 Å². The van der Waals surface area contributed by atoms with Gasteiger partial charge in [-0.3, -0.25) is 14.4 Å². The number of hydrogen-bond acceptors (Lipinski definition) is 6. The largest absolute Gasteiger partial charge is 0.462 e. The predicted octanol–water partition coefficient (Wildman–Crippen LogP) is 18.3. The average molecular weight is 892 g/mol. The van der Waals surface area contributed by atoms with Crippen LogP contribution < -0.4 is 0 Å². The lowest BCUT2D eigenvalue weighted by Gasteiger charge is -2.18. The zero-order valence-corrected chi connectivity index (χ0v) is 43.4. The fraction of sp³-hybridized carbons (Fsp3) is 0.947. The third-order valence-electron chi connectivity index (χ3n) is 12.9. The molecule has 6 heteroatoms. The standard InChI is InChI=1S/C57H110O6/c1-51(2)43-37-31-25-19-15-13-11-9-7-8-10-12-14-16-22-30-36-42-48-57(60)63-54(50-62-56(59)47-41-35-29-24-23-27-33-39-45-53(5)6)49-61-55(58)46-40-34-28-21-18-17-20-26-32-38-44-52(3)4/h51-54H,7-50H2,1-6H3/t54-/m0/s1. The normalized spacial score (nSPS) is 12.1. The fourth-order valence-electron chi connectivity index (χ4n) is 8.65. The van der Waals surface area contributed by atoms with Gasteiger partial charge in [-0.2, -0.15) is 0 Å².